The molecule has 9 heavy (non-hydrogen) atoms. The molecule has 0 aliphatic carbocycles. The van der Waals surface area contributed by atoms with Gasteiger partial charge in [-0.2, -0.15) is 0 Å². The van der Waals surface area contributed by atoms with E-state index in [2.05, 4.69) is 5.32 Å². The second kappa shape index (κ2) is 2.70. The number of carbonyl (C=O) groups excluding carboxylic acids is 2. The smallest absolute Gasteiger partial charge is 0.238 e. The van der Waals surface area contributed by atoms with E-state index in [9.17, 15) is 9.59 Å². The molecule has 0 saturated carbocycles. The van der Waals surface area contributed by atoms with Crippen LogP contribution in [0.2, 0.25) is 0 Å². The van der Waals surface area contributed by atoms with Gasteiger partial charge in [-0.25, -0.2) is 0 Å². The second-order valence-corrected chi connectivity index (χ2v) is 1.73. The lowest BCUT2D eigenvalue weighted by molar-refractivity contribution is -0.136. The van der Waals surface area contributed by atoms with Crippen molar-refractivity contribution >= 4 is 12.1 Å². The third kappa shape index (κ3) is 1.34. The molecule has 0 spiro atoms. The minimum absolute atomic E-state index is 0.267. The van der Waals surface area contributed by atoms with E-state index in [0.717, 1.165) is 0 Å². The Morgan fingerprint density at radius 2 is 2.56 bits per heavy atom. The molecule has 1 N–H and O–H groups in total. The maximum atomic E-state index is 10.5. The van der Waals surface area contributed by atoms with Crippen molar-refractivity contribution in [2.45, 2.75) is 6.23 Å². The van der Waals surface area contributed by atoms with Gasteiger partial charge in [0.1, 0.15) is 0 Å². The topological polar surface area (TPSA) is 55.4 Å². The highest BCUT2D eigenvalue weighted by Gasteiger charge is 2.21. The average molecular weight is 129 g/mol. The number of carbonyl (C=O) groups is 2. The Kier molecular flexibility index (Phi) is 1.92. The van der Waals surface area contributed by atoms with Gasteiger partial charge < -0.3 is 4.74 Å². The summed E-state index contributed by atoms with van der Waals surface area (Å²) in [6.07, 6.45) is -0.411. The van der Waals surface area contributed by atoms with Crippen molar-refractivity contribution in [3.63, 3.8) is 0 Å². The number of hydrogen-bond donors (Lipinski definition) is 1. The summed E-state index contributed by atoms with van der Waals surface area (Å²) >= 11 is 0. The molecule has 1 heterocycles. The zero-order valence-corrected chi connectivity index (χ0v) is 4.79. The summed E-state index contributed by atoms with van der Waals surface area (Å²) in [5.74, 6) is -0.535. The standard InChI is InChI=1S/C5H7NO3/c7-3-4(8)5-6-1-2-9-5/h3,5-6H,1-2H2. The molecule has 1 aliphatic heterocycles. The number of nitrogens with one attached hydrogen (secondary N) is 1. The van der Waals surface area contributed by atoms with Gasteiger partial charge in [0.15, 0.2) is 12.5 Å². The summed E-state index contributed by atoms with van der Waals surface area (Å²) in [6.45, 7) is 1.15. The van der Waals surface area contributed by atoms with Gasteiger partial charge in [0.25, 0.3) is 0 Å². The Balaban J connectivity index is 2.41. The number of aldehydes is 1. The number of Topliss-reactive ketones (excluding diaryl/α,β-unsaturated/α-hetero) is 1. The van der Waals surface area contributed by atoms with Gasteiger partial charge in [-0.1, -0.05) is 0 Å². The lowest BCUT2D eigenvalue weighted by atomic mass is 10.4. The molecule has 4 nitrogen and oxygen atoms in total. The monoisotopic (exact) mass is 129 g/mol. The van der Waals surface area contributed by atoms with Gasteiger partial charge in [0.05, 0.1) is 6.61 Å². The highest BCUT2D eigenvalue weighted by molar-refractivity contribution is 6.27. The van der Waals surface area contributed by atoms with Crippen molar-refractivity contribution in [1.29, 1.82) is 0 Å². The number of ketones is 1. The van der Waals surface area contributed by atoms with Gasteiger partial charge in [-0.15, -0.1) is 0 Å². The Labute approximate surface area is 52.2 Å². The molecule has 1 unspecified atom stereocenters. The third-order valence-electron chi connectivity index (χ3n) is 1.09. The predicted molar refractivity (Wildman–Crippen MR) is 28.8 cm³/mol. The summed E-state index contributed by atoms with van der Waals surface area (Å²) in [6, 6.07) is 0. The van der Waals surface area contributed by atoms with Crippen LogP contribution in [0.25, 0.3) is 0 Å². The average Bonchev–Trinajstić information content (AvgIpc) is 2.37. The van der Waals surface area contributed by atoms with Gasteiger partial charge in [0.2, 0.25) is 5.78 Å². The summed E-state index contributed by atoms with van der Waals surface area (Å²) < 4.78 is 4.81. The van der Waals surface area contributed by atoms with E-state index in [0.29, 0.717) is 13.2 Å². The first kappa shape index (κ1) is 6.38. The molecule has 0 aromatic rings. The molecule has 0 amide bonds. The summed E-state index contributed by atoms with van der Waals surface area (Å²) in [7, 11) is 0. The molecule has 1 atom stereocenters. The van der Waals surface area contributed by atoms with Crippen LogP contribution in [-0.4, -0.2) is 31.4 Å². The van der Waals surface area contributed by atoms with Gasteiger partial charge >= 0.3 is 0 Å². The fourth-order valence-electron chi connectivity index (χ4n) is 0.670. The van der Waals surface area contributed by atoms with Crippen molar-refractivity contribution in [3.05, 3.63) is 0 Å². The molecule has 1 fully saturated rings. The number of rotatable bonds is 2. The van der Waals surface area contributed by atoms with Crippen LogP contribution in [0.1, 0.15) is 0 Å². The van der Waals surface area contributed by atoms with Crippen LogP contribution in [0.4, 0.5) is 0 Å². The Hall–Kier alpha value is -0.740. The molecule has 0 aromatic heterocycles. The SMILES string of the molecule is O=CC(=O)C1NCCO1. The lowest BCUT2D eigenvalue weighted by Crippen LogP contribution is -2.32. The largest absolute Gasteiger partial charge is 0.354 e. The molecular formula is C5H7NO3. The van der Waals surface area contributed by atoms with Crippen molar-refractivity contribution in [2.24, 2.45) is 0 Å². The van der Waals surface area contributed by atoms with Crippen LogP contribution < -0.4 is 5.32 Å². The molecular weight excluding hydrogens is 122 g/mol. The molecule has 1 aliphatic rings. The van der Waals surface area contributed by atoms with Crippen LogP contribution in [0.3, 0.4) is 0 Å². The van der Waals surface area contributed by atoms with Crippen molar-refractivity contribution in [1.82, 2.24) is 5.32 Å². The van der Waals surface area contributed by atoms with E-state index in [4.69, 9.17) is 4.74 Å². The van der Waals surface area contributed by atoms with Gasteiger partial charge in [-0.3, -0.25) is 14.9 Å². The van der Waals surface area contributed by atoms with E-state index in [1.54, 1.807) is 0 Å². The first-order valence-electron chi connectivity index (χ1n) is 2.68. The van der Waals surface area contributed by atoms with E-state index < -0.39 is 12.0 Å². The molecule has 50 valence electrons. The summed E-state index contributed by atoms with van der Waals surface area (Å²) in [4.78, 5) is 20.3. The maximum absolute atomic E-state index is 10.5. The maximum Gasteiger partial charge on any atom is 0.238 e. The molecule has 0 radical (unpaired) electrons. The van der Waals surface area contributed by atoms with Gasteiger partial charge in [0, 0.05) is 6.54 Å². The quantitative estimate of drug-likeness (QED) is 0.372. The van der Waals surface area contributed by atoms with Crippen LogP contribution in [-0.2, 0) is 14.3 Å². The zero-order chi connectivity index (χ0) is 6.69. The zero-order valence-electron chi connectivity index (χ0n) is 4.79. The van der Waals surface area contributed by atoms with Crippen molar-refractivity contribution < 1.29 is 14.3 Å². The Morgan fingerprint density at radius 3 is 3.00 bits per heavy atom. The predicted octanol–water partition coefficient (Wildman–Crippen LogP) is -1.30. The minimum Gasteiger partial charge on any atom is -0.354 e. The fourth-order valence-corrected chi connectivity index (χ4v) is 0.670. The Morgan fingerprint density at radius 1 is 1.78 bits per heavy atom. The van der Waals surface area contributed by atoms with Crippen molar-refractivity contribution in [2.75, 3.05) is 13.2 Å². The van der Waals surface area contributed by atoms with Crippen molar-refractivity contribution in [3.8, 4) is 0 Å². The minimum atomic E-state index is -0.678. The first-order chi connectivity index (χ1) is 4.34. The van der Waals surface area contributed by atoms with Gasteiger partial charge in [-0.05, 0) is 0 Å². The highest BCUT2D eigenvalue weighted by atomic mass is 16.5. The van der Waals surface area contributed by atoms with E-state index in [1.807, 2.05) is 0 Å². The fraction of sp³-hybridized carbons (Fsp3) is 0.600. The third-order valence-corrected chi connectivity index (χ3v) is 1.09. The summed E-state index contributed by atoms with van der Waals surface area (Å²) in [5, 5.41) is 2.70. The van der Waals surface area contributed by atoms with E-state index in [1.165, 1.54) is 0 Å². The molecule has 1 rings (SSSR count). The molecule has 4 heteroatoms. The number of hydrogen-bond acceptors (Lipinski definition) is 4. The van der Waals surface area contributed by atoms with Crippen LogP contribution >= 0.6 is 0 Å². The second-order valence-electron chi connectivity index (χ2n) is 1.73. The molecule has 0 bridgehead atoms. The summed E-state index contributed by atoms with van der Waals surface area (Å²) in [5.41, 5.74) is 0. The normalized spacial score (nSPS) is 26.0. The van der Waals surface area contributed by atoms with E-state index in [-0.39, 0.29) is 6.29 Å². The van der Waals surface area contributed by atoms with Crippen LogP contribution in [0.15, 0.2) is 0 Å². The first-order valence-corrected chi connectivity index (χ1v) is 2.68. The highest BCUT2D eigenvalue weighted by Crippen LogP contribution is 1.93. The molecule has 0 aromatic carbocycles. The van der Waals surface area contributed by atoms with Crippen LogP contribution in [0.5, 0.6) is 0 Å². The number of ether oxygens (including phenoxy) is 1. The van der Waals surface area contributed by atoms with Crippen LogP contribution in [0, 0.1) is 0 Å². The Bertz CT molecular complexity index is 128. The molecule has 1 saturated heterocycles. The van der Waals surface area contributed by atoms with E-state index >= 15 is 0 Å². The lowest BCUT2D eigenvalue weighted by Gasteiger charge is -2.00.